The molecule has 13 heavy (non-hydrogen) atoms. The number of rotatable bonds is 2. The van der Waals surface area contributed by atoms with Gasteiger partial charge in [0.05, 0.1) is 6.26 Å². The average molecular weight is 228 g/mol. The van der Waals surface area contributed by atoms with E-state index in [0.29, 0.717) is 0 Å². The molecule has 0 aliphatic heterocycles. The first-order valence-electron chi connectivity index (χ1n) is 3.68. The molecule has 2 nitrogen and oxygen atoms in total. The molecule has 0 amide bonds. The van der Waals surface area contributed by atoms with Gasteiger partial charge in [0.15, 0.2) is 0 Å². The summed E-state index contributed by atoms with van der Waals surface area (Å²) in [5.74, 6) is -0.304. The summed E-state index contributed by atoms with van der Waals surface area (Å²) in [4.78, 5) is 10.4. The third kappa shape index (κ3) is 5.32. The Morgan fingerprint density at radius 1 is 1.31 bits per heavy atom. The van der Waals surface area contributed by atoms with Crippen LogP contribution in [-0.4, -0.2) is 5.97 Å². The van der Waals surface area contributed by atoms with E-state index in [1.165, 1.54) is 13.2 Å². The zero-order valence-corrected chi connectivity index (χ0v) is 10.5. The number of carbonyl (C=O) groups excluding carboxylic acids is 1. The molecular weight excluding hydrogens is 217 g/mol. The number of benzene rings is 1. The molecule has 0 radical (unpaired) electrons. The SMILES string of the molecule is CC(=O)O/C=C/c1ccccc1.[Zn]. The Morgan fingerprint density at radius 3 is 2.46 bits per heavy atom. The number of hydrogen-bond acceptors (Lipinski definition) is 2. The Balaban J connectivity index is 0.00000144. The summed E-state index contributed by atoms with van der Waals surface area (Å²) in [6, 6.07) is 9.64. The van der Waals surface area contributed by atoms with Crippen LogP contribution in [0.15, 0.2) is 36.6 Å². The fraction of sp³-hybridized carbons (Fsp3) is 0.100. The van der Waals surface area contributed by atoms with Crippen LogP contribution in [0.2, 0.25) is 0 Å². The van der Waals surface area contributed by atoms with Crippen molar-refractivity contribution in [2.45, 2.75) is 6.92 Å². The minimum atomic E-state index is -0.304. The second-order valence-corrected chi connectivity index (χ2v) is 2.32. The van der Waals surface area contributed by atoms with Crippen LogP contribution >= 0.6 is 0 Å². The van der Waals surface area contributed by atoms with Gasteiger partial charge in [-0.3, -0.25) is 4.79 Å². The summed E-state index contributed by atoms with van der Waals surface area (Å²) in [7, 11) is 0. The van der Waals surface area contributed by atoms with E-state index in [-0.39, 0.29) is 25.4 Å². The van der Waals surface area contributed by atoms with Gasteiger partial charge < -0.3 is 4.74 Å². The maximum absolute atomic E-state index is 10.4. The molecule has 3 heteroatoms. The van der Waals surface area contributed by atoms with Crippen LogP contribution in [0, 0.1) is 0 Å². The first-order chi connectivity index (χ1) is 5.79. The molecule has 1 rings (SSSR count). The maximum atomic E-state index is 10.4. The Bertz CT molecular complexity index is 280. The first kappa shape index (κ1) is 12.1. The Kier molecular flexibility index (Phi) is 6.08. The molecule has 64 valence electrons. The zero-order chi connectivity index (χ0) is 8.81. The van der Waals surface area contributed by atoms with Gasteiger partial charge in [-0.2, -0.15) is 0 Å². The van der Waals surface area contributed by atoms with E-state index >= 15 is 0 Å². The summed E-state index contributed by atoms with van der Waals surface area (Å²) in [6.07, 6.45) is 3.12. The standard InChI is InChI=1S/C10H10O2.Zn/c1-9(11)12-8-7-10-5-3-2-4-6-10;/h2-8H,1H3;/b8-7+;. The van der Waals surface area contributed by atoms with Crippen molar-refractivity contribution >= 4 is 12.0 Å². The van der Waals surface area contributed by atoms with Crippen LogP contribution in [-0.2, 0) is 29.0 Å². The molecule has 0 aromatic heterocycles. The van der Waals surface area contributed by atoms with Crippen LogP contribution in [0.5, 0.6) is 0 Å². The second kappa shape index (κ2) is 6.56. The van der Waals surface area contributed by atoms with Crippen molar-refractivity contribution in [1.29, 1.82) is 0 Å². The van der Waals surface area contributed by atoms with E-state index in [0.717, 1.165) is 5.56 Å². The zero-order valence-electron chi connectivity index (χ0n) is 7.57. The van der Waals surface area contributed by atoms with E-state index in [2.05, 4.69) is 4.74 Å². The van der Waals surface area contributed by atoms with Crippen molar-refractivity contribution in [3.63, 3.8) is 0 Å². The summed E-state index contributed by atoms with van der Waals surface area (Å²) in [6.45, 7) is 1.37. The molecule has 0 unspecified atom stereocenters. The molecule has 1 aromatic rings. The van der Waals surface area contributed by atoms with E-state index in [1.807, 2.05) is 30.3 Å². The third-order valence-corrected chi connectivity index (χ3v) is 1.29. The normalized spacial score (nSPS) is 9.31. The van der Waals surface area contributed by atoms with Crippen LogP contribution in [0.1, 0.15) is 12.5 Å². The van der Waals surface area contributed by atoms with E-state index < -0.39 is 0 Å². The summed E-state index contributed by atoms with van der Waals surface area (Å²) in [5.41, 5.74) is 1.01. The molecule has 0 fully saturated rings. The van der Waals surface area contributed by atoms with Crippen LogP contribution < -0.4 is 0 Å². The predicted molar refractivity (Wildman–Crippen MR) is 47.2 cm³/mol. The molecule has 0 bridgehead atoms. The van der Waals surface area contributed by atoms with Gasteiger partial charge in [0, 0.05) is 26.4 Å². The average Bonchev–Trinajstić information content (AvgIpc) is 2.05. The van der Waals surface area contributed by atoms with Gasteiger partial charge in [0.2, 0.25) is 0 Å². The summed E-state index contributed by atoms with van der Waals surface area (Å²) < 4.78 is 4.63. The van der Waals surface area contributed by atoms with Gasteiger partial charge in [-0.15, -0.1) is 0 Å². The Morgan fingerprint density at radius 2 is 1.92 bits per heavy atom. The first-order valence-corrected chi connectivity index (χ1v) is 3.68. The van der Waals surface area contributed by atoms with E-state index in [9.17, 15) is 4.79 Å². The van der Waals surface area contributed by atoms with Crippen molar-refractivity contribution in [2.75, 3.05) is 0 Å². The molecule has 0 atom stereocenters. The summed E-state index contributed by atoms with van der Waals surface area (Å²) >= 11 is 0. The topological polar surface area (TPSA) is 26.3 Å². The van der Waals surface area contributed by atoms with Gasteiger partial charge in [-0.05, 0) is 11.6 Å². The van der Waals surface area contributed by atoms with Crippen LogP contribution in [0.3, 0.4) is 0 Å². The summed E-state index contributed by atoms with van der Waals surface area (Å²) in [5, 5.41) is 0. The number of esters is 1. The third-order valence-electron chi connectivity index (χ3n) is 1.29. The molecule has 0 N–H and O–H groups in total. The largest absolute Gasteiger partial charge is 0.435 e. The van der Waals surface area contributed by atoms with Gasteiger partial charge in [0.1, 0.15) is 0 Å². The predicted octanol–water partition coefficient (Wildman–Crippen LogP) is 2.22. The molecule has 0 spiro atoms. The van der Waals surface area contributed by atoms with Crippen molar-refractivity contribution in [3.05, 3.63) is 42.2 Å². The fourth-order valence-electron chi connectivity index (χ4n) is 0.773. The molecular formula is C10H10O2Zn. The maximum Gasteiger partial charge on any atom is 0.307 e. The van der Waals surface area contributed by atoms with Gasteiger partial charge >= 0.3 is 5.97 Å². The van der Waals surface area contributed by atoms with Gasteiger partial charge in [0.25, 0.3) is 0 Å². The Labute approximate surface area is 90.4 Å². The number of ether oxygens (including phenoxy) is 1. The van der Waals surface area contributed by atoms with Crippen molar-refractivity contribution in [1.82, 2.24) is 0 Å². The Hall–Kier alpha value is -0.947. The molecule has 0 saturated carbocycles. The quantitative estimate of drug-likeness (QED) is 0.440. The second-order valence-electron chi connectivity index (χ2n) is 2.32. The van der Waals surface area contributed by atoms with Crippen molar-refractivity contribution in [3.8, 4) is 0 Å². The molecule has 0 aliphatic carbocycles. The number of carbonyl (C=O) groups is 1. The molecule has 0 saturated heterocycles. The fourth-order valence-corrected chi connectivity index (χ4v) is 0.773. The van der Waals surface area contributed by atoms with Gasteiger partial charge in [-0.25, -0.2) is 0 Å². The van der Waals surface area contributed by atoms with Crippen LogP contribution in [0.25, 0.3) is 6.08 Å². The van der Waals surface area contributed by atoms with Gasteiger partial charge in [-0.1, -0.05) is 30.3 Å². The van der Waals surface area contributed by atoms with Crippen molar-refractivity contribution in [2.24, 2.45) is 0 Å². The molecule has 0 aliphatic rings. The van der Waals surface area contributed by atoms with Crippen molar-refractivity contribution < 1.29 is 29.0 Å². The number of hydrogen-bond donors (Lipinski definition) is 0. The van der Waals surface area contributed by atoms with Crippen LogP contribution in [0.4, 0.5) is 0 Å². The monoisotopic (exact) mass is 226 g/mol. The minimum absolute atomic E-state index is 0. The minimum Gasteiger partial charge on any atom is -0.435 e. The smallest absolute Gasteiger partial charge is 0.307 e. The molecule has 1 aromatic carbocycles. The van der Waals surface area contributed by atoms with E-state index in [1.54, 1.807) is 6.08 Å². The van der Waals surface area contributed by atoms with E-state index in [4.69, 9.17) is 0 Å². The molecule has 0 heterocycles.